The van der Waals surface area contributed by atoms with Gasteiger partial charge in [-0.25, -0.2) is 4.79 Å². The number of urea groups is 1. The molecule has 0 aromatic carbocycles. The van der Waals surface area contributed by atoms with Gasteiger partial charge in [0.25, 0.3) is 0 Å². The number of rotatable bonds is 0. The van der Waals surface area contributed by atoms with Gasteiger partial charge >= 0.3 is 6.03 Å². The van der Waals surface area contributed by atoms with Crippen molar-refractivity contribution in [3.8, 4) is 0 Å². The molecule has 11 heavy (non-hydrogen) atoms. The summed E-state index contributed by atoms with van der Waals surface area (Å²) in [5.41, 5.74) is 8.50. The van der Waals surface area contributed by atoms with E-state index in [1.807, 2.05) is 18.2 Å². The molecule has 0 aliphatic heterocycles. The van der Waals surface area contributed by atoms with Gasteiger partial charge in [-0.3, -0.25) is 4.98 Å². The number of carbonyl (C=O) groups excluding carboxylic acids is 1. The van der Waals surface area contributed by atoms with E-state index in [1.54, 1.807) is 12.4 Å². The Balaban J connectivity index is 0. The van der Waals surface area contributed by atoms with Gasteiger partial charge in [0.2, 0.25) is 0 Å². The number of pyridine rings is 1. The van der Waals surface area contributed by atoms with Crippen LogP contribution >= 0.6 is 0 Å². The molecule has 1 rings (SSSR count). The Morgan fingerprint density at radius 2 is 1.45 bits per heavy atom. The van der Waals surface area contributed by atoms with E-state index in [-0.39, 0.29) is 6.15 Å². The normalized spacial score (nSPS) is 6.55. The number of aromatic nitrogens is 1. The van der Waals surface area contributed by atoms with Gasteiger partial charge in [-0.2, -0.15) is 0 Å². The summed E-state index contributed by atoms with van der Waals surface area (Å²) in [6.07, 6.45) is 3.50. The van der Waals surface area contributed by atoms with Gasteiger partial charge in [0, 0.05) is 12.4 Å². The molecule has 0 saturated carbocycles. The molecule has 62 valence electrons. The number of nitrogens with two attached hydrogens (primary N) is 2. The first kappa shape index (κ1) is 12.1. The summed E-state index contributed by atoms with van der Waals surface area (Å²) in [5, 5.41) is 0. The topological polar surface area (TPSA) is 117 Å². The summed E-state index contributed by atoms with van der Waals surface area (Å²) in [6, 6.07) is 4.88. The van der Waals surface area contributed by atoms with Crippen molar-refractivity contribution in [2.45, 2.75) is 0 Å². The zero-order chi connectivity index (χ0) is 7.82. The molecule has 5 heteroatoms. The lowest BCUT2D eigenvalue weighted by Gasteiger charge is -1.70. The van der Waals surface area contributed by atoms with Crippen molar-refractivity contribution in [2.24, 2.45) is 11.5 Å². The Morgan fingerprint density at radius 1 is 1.09 bits per heavy atom. The van der Waals surface area contributed by atoms with Crippen molar-refractivity contribution in [1.29, 1.82) is 0 Å². The van der Waals surface area contributed by atoms with Crippen LogP contribution in [0.2, 0.25) is 0 Å². The lowest BCUT2D eigenvalue weighted by atomic mass is 10.5. The average molecular weight is 156 g/mol. The number of primary amides is 2. The van der Waals surface area contributed by atoms with E-state index in [9.17, 15) is 0 Å². The molecule has 0 spiro atoms. The Kier molecular flexibility index (Phi) is 9.21. The first-order chi connectivity index (χ1) is 4.73. The predicted molar refractivity (Wildman–Crippen MR) is 43.0 cm³/mol. The van der Waals surface area contributed by atoms with Gasteiger partial charge in [0.05, 0.1) is 0 Å². The molecule has 7 N–H and O–H groups in total. The van der Waals surface area contributed by atoms with E-state index in [4.69, 9.17) is 4.79 Å². The number of amides is 2. The third-order valence-electron chi connectivity index (χ3n) is 0.566. The second kappa shape index (κ2) is 8.38. The maximum atomic E-state index is 9.00. The number of hydrogen-bond acceptors (Lipinski definition) is 3. The van der Waals surface area contributed by atoms with Crippen LogP contribution in [0.4, 0.5) is 4.79 Å². The minimum absolute atomic E-state index is 0. The number of carbonyl (C=O) groups is 1. The van der Waals surface area contributed by atoms with Crippen molar-refractivity contribution in [3.05, 3.63) is 30.6 Å². The molecule has 1 heterocycles. The summed E-state index contributed by atoms with van der Waals surface area (Å²) >= 11 is 0. The second-order valence-electron chi connectivity index (χ2n) is 1.43. The van der Waals surface area contributed by atoms with E-state index in [0.29, 0.717) is 0 Å². The third kappa shape index (κ3) is 17.8. The summed E-state index contributed by atoms with van der Waals surface area (Å²) in [7, 11) is 0. The molecule has 0 fully saturated rings. The molecule has 2 amide bonds. The average Bonchev–Trinajstić information content (AvgIpc) is 1.90. The maximum absolute atomic E-state index is 9.00. The fourth-order valence-corrected chi connectivity index (χ4v) is 0.313. The van der Waals surface area contributed by atoms with Crippen LogP contribution < -0.4 is 17.6 Å². The number of nitrogens with zero attached hydrogens (tertiary/aromatic N) is 1. The van der Waals surface area contributed by atoms with Crippen LogP contribution in [0.3, 0.4) is 0 Å². The minimum Gasteiger partial charge on any atom is -0.352 e. The van der Waals surface area contributed by atoms with Gasteiger partial charge < -0.3 is 17.6 Å². The summed E-state index contributed by atoms with van der Waals surface area (Å²) in [6.45, 7) is 0. The fraction of sp³-hybridized carbons (Fsp3) is 0. The van der Waals surface area contributed by atoms with E-state index in [0.717, 1.165) is 0 Å². The standard InChI is InChI=1S/C5H5N.CH4N2O.H3N/c1-2-4-6-5-3-1;2-1(3)4;/h1-5H;(H4,2,3,4);1H3. The monoisotopic (exact) mass is 156 g/mol. The molecular formula is C6H12N4O. The Hall–Kier alpha value is -1.62. The molecule has 0 aliphatic carbocycles. The van der Waals surface area contributed by atoms with Crippen LogP contribution in [0.15, 0.2) is 30.6 Å². The highest BCUT2D eigenvalue weighted by Gasteiger charge is 1.60. The van der Waals surface area contributed by atoms with Crippen molar-refractivity contribution in [1.82, 2.24) is 11.1 Å². The molecule has 1 aromatic heterocycles. The zero-order valence-electron chi connectivity index (χ0n) is 6.10. The van der Waals surface area contributed by atoms with Crippen LogP contribution in [0.5, 0.6) is 0 Å². The van der Waals surface area contributed by atoms with Crippen LogP contribution in [-0.2, 0) is 0 Å². The smallest absolute Gasteiger partial charge is 0.309 e. The Labute approximate surface area is 65.0 Å². The van der Waals surface area contributed by atoms with E-state index in [2.05, 4.69) is 16.5 Å². The first-order valence-corrected chi connectivity index (χ1v) is 2.63. The van der Waals surface area contributed by atoms with Gasteiger partial charge in [-0.15, -0.1) is 0 Å². The SMILES string of the molecule is N.NC(N)=O.c1ccncc1. The Bertz CT molecular complexity index is 146. The van der Waals surface area contributed by atoms with E-state index >= 15 is 0 Å². The summed E-state index contributed by atoms with van der Waals surface area (Å²) < 4.78 is 0. The van der Waals surface area contributed by atoms with Crippen LogP contribution in [0.25, 0.3) is 0 Å². The third-order valence-corrected chi connectivity index (χ3v) is 0.566. The van der Waals surface area contributed by atoms with Gasteiger partial charge in [0.15, 0.2) is 0 Å². The lowest BCUT2D eigenvalue weighted by molar-refractivity contribution is 0.256. The largest absolute Gasteiger partial charge is 0.352 e. The molecule has 0 radical (unpaired) electrons. The van der Waals surface area contributed by atoms with Crippen LogP contribution in [0.1, 0.15) is 0 Å². The molecule has 0 bridgehead atoms. The maximum Gasteiger partial charge on any atom is 0.309 e. The van der Waals surface area contributed by atoms with Crippen molar-refractivity contribution in [3.63, 3.8) is 0 Å². The van der Waals surface area contributed by atoms with Gasteiger partial charge in [0.1, 0.15) is 0 Å². The molecule has 1 aromatic rings. The lowest BCUT2D eigenvalue weighted by Crippen LogP contribution is -2.18. The molecule has 0 saturated heterocycles. The van der Waals surface area contributed by atoms with E-state index in [1.165, 1.54) is 0 Å². The van der Waals surface area contributed by atoms with Crippen molar-refractivity contribution >= 4 is 6.03 Å². The van der Waals surface area contributed by atoms with Crippen LogP contribution in [-0.4, -0.2) is 11.0 Å². The van der Waals surface area contributed by atoms with E-state index < -0.39 is 6.03 Å². The van der Waals surface area contributed by atoms with Gasteiger partial charge in [-0.1, -0.05) is 6.07 Å². The first-order valence-electron chi connectivity index (χ1n) is 2.63. The van der Waals surface area contributed by atoms with Crippen molar-refractivity contribution in [2.75, 3.05) is 0 Å². The quantitative estimate of drug-likeness (QED) is 0.500. The predicted octanol–water partition coefficient (Wildman–Crippen LogP) is 0.267. The van der Waals surface area contributed by atoms with Crippen LogP contribution in [0, 0.1) is 0 Å². The minimum atomic E-state index is -0.833. The fourth-order valence-electron chi connectivity index (χ4n) is 0.313. The van der Waals surface area contributed by atoms with Crippen molar-refractivity contribution < 1.29 is 4.79 Å². The highest BCUT2D eigenvalue weighted by atomic mass is 16.2. The highest BCUT2D eigenvalue weighted by molar-refractivity contribution is 5.69. The molecule has 0 unspecified atom stereocenters. The summed E-state index contributed by atoms with van der Waals surface area (Å²) in [4.78, 5) is 12.8. The second-order valence-corrected chi connectivity index (χ2v) is 1.43. The molecule has 0 atom stereocenters. The Morgan fingerprint density at radius 3 is 1.55 bits per heavy atom. The molecule has 0 aliphatic rings. The summed E-state index contributed by atoms with van der Waals surface area (Å²) in [5.74, 6) is 0. The zero-order valence-corrected chi connectivity index (χ0v) is 6.10. The molecular weight excluding hydrogens is 144 g/mol. The highest BCUT2D eigenvalue weighted by Crippen LogP contribution is 1.73. The molecule has 5 nitrogen and oxygen atoms in total. The van der Waals surface area contributed by atoms with Gasteiger partial charge in [-0.05, 0) is 12.1 Å². The number of hydrogen-bond donors (Lipinski definition) is 3.